The quantitative estimate of drug-likeness (QED) is 0.867. The van der Waals surface area contributed by atoms with Crippen LogP contribution in [0.5, 0.6) is 11.6 Å². The van der Waals surface area contributed by atoms with Gasteiger partial charge in [-0.25, -0.2) is 9.37 Å². The van der Waals surface area contributed by atoms with Crippen LogP contribution in [0.3, 0.4) is 0 Å². The van der Waals surface area contributed by atoms with Gasteiger partial charge in [0.25, 0.3) is 0 Å². The summed E-state index contributed by atoms with van der Waals surface area (Å²) in [6, 6.07) is 7.69. The molecule has 0 spiro atoms. The number of pyridine rings is 1. The normalized spacial score (nSPS) is 10.4. The number of aromatic nitrogens is 1. The average Bonchev–Trinajstić information content (AvgIpc) is 2.38. The summed E-state index contributed by atoms with van der Waals surface area (Å²) in [5.41, 5.74) is 1.69. The number of nitrogens with zero attached hydrogens (tertiary/aromatic N) is 1. The SMILES string of the molecule is COc1ccc(CNCc2cc(O)cc(F)c2)cn1. The van der Waals surface area contributed by atoms with Gasteiger partial charge in [-0.15, -0.1) is 0 Å². The fraction of sp³-hybridized carbons (Fsp3) is 0.214. The van der Waals surface area contributed by atoms with Crippen LogP contribution < -0.4 is 10.1 Å². The number of benzene rings is 1. The smallest absolute Gasteiger partial charge is 0.212 e. The number of methoxy groups -OCH3 is 1. The first-order valence-corrected chi connectivity index (χ1v) is 5.85. The lowest BCUT2D eigenvalue weighted by atomic mass is 10.2. The van der Waals surface area contributed by atoms with Crippen molar-refractivity contribution >= 4 is 0 Å². The Balaban J connectivity index is 1.88. The summed E-state index contributed by atoms with van der Waals surface area (Å²) < 4.78 is 18.0. The van der Waals surface area contributed by atoms with E-state index in [1.165, 1.54) is 12.1 Å². The number of hydrogen-bond donors (Lipinski definition) is 2. The van der Waals surface area contributed by atoms with Crippen molar-refractivity contribution in [2.24, 2.45) is 0 Å². The average molecular weight is 262 g/mol. The van der Waals surface area contributed by atoms with Crippen molar-refractivity contribution in [2.75, 3.05) is 7.11 Å². The second kappa shape index (κ2) is 6.15. The fourth-order valence-corrected chi connectivity index (χ4v) is 1.72. The Morgan fingerprint density at radius 1 is 1.21 bits per heavy atom. The molecule has 2 aromatic rings. The summed E-state index contributed by atoms with van der Waals surface area (Å²) in [5, 5.41) is 12.4. The molecule has 5 heteroatoms. The van der Waals surface area contributed by atoms with Gasteiger partial charge in [0.2, 0.25) is 5.88 Å². The molecule has 0 amide bonds. The lowest BCUT2D eigenvalue weighted by Gasteiger charge is -2.06. The van der Waals surface area contributed by atoms with Crippen molar-refractivity contribution in [2.45, 2.75) is 13.1 Å². The second-order valence-electron chi connectivity index (χ2n) is 4.13. The maximum atomic E-state index is 13.0. The third-order valence-corrected chi connectivity index (χ3v) is 2.61. The number of hydrogen-bond acceptors (Lipinski definition) is 4. The molecule has 0 aliphatic rings. The number of aromatic hydroxyl groups is 1. The number of phenols is 1. The van der Waals surface area contributed by atoms with Crippen LogP contribution in [0.2, 0.25) is 0 Å². The van der Waals surface area contributed by atoms with Crippen LogP contribution in [0.15, 0.2) is 36.5 Å². The van der Waals surface area contributed by atoms with Gasteiger partial charge < -0.3 is 15.2 Å². The van der Waals surface area contributed by atoms with Gasteiger partial charge in [0.1, 0.15) is 11.6 Å². The van der Waals surface area contributed by atoms with Crippen molar-refractivity contribution < 1.29 is 14.2 Å². The van der Waals surface area contributed by atoms with Gasteiger partial charge in [-0.1, -0.05) is 6.07 Å². The Bertz CT molecular complexity index is 523. The molecular formula is C14H15FN2O2. The molecule has 100 valence electrons. The Morgan fingerprint density at radius 3 is 2.63 bits per heavy atom. The van der Waals surface area contributed by atoms with Crippen LogP contribution in [-0.2, 0) is 13.1 Å². The van der Waals surface area contributed by atoms with E-state index in [1.807, 2.05) is 6.07 Å². The molecule has 0 aliphatic heterocycles. The van der Waals surface area contributed by atoms with Gasteiger partial charge in [-0.3, -0.25) is 0 Å². The van der Waals surface area contributed by atoms with Crippen LogP contribution in [0.25, 0.3) is 0 Å². The number of phenolic OH excluding ortho intramolecular Hbond substituents is 1. The van der Waals surface area contributed by atoms with E-state index in [1.54, 1.807) is 19.4 Å². The zero-order valence-electron chi connectivity index (χ0n) is 10.6. The Kier molecular flexibility index (Phi) is 4.30. The van der Waals surface area contributed by atoms with E-state index in [9.17, 15) is 9.50 Å². The molecule has 0 saturated heterocycles. The minimum atomic E-state index is -0.442. The third-order valence-electron chi connectivity index (χ3n) is 2.61. The molecule has 0 saturated carbocycles. The third kappa shape index (κ3) is 3.93. The topological polar surface area (TPSA) is 54.4 Å². The standard InChI is InChI=1S/C14H15FN2O2/c1-19-14-3-2-10(9-17-14)7-16-8-11-4-12(15)6-13(18)5-11/h2-6,9,16,18H,7-8H2,1H3. The largest absolute Gasteiger partial charge is 0.508 e. The van der Waals surface area contributed by atoms with Crippen LogP contribution >= 0.6 is 0 Å². The zero-order chi connectivity index (χ0) is 13.7. The lowest BCUT2D eigenvalue weighted by Crippen LogP contribution is -2.13. The molecule has 19 heavy (non-hydrogen) atoms. The second-order valence-corrected chi connectivity index (χ2v) is 4.13. The van der Waals surface area contributed by atoms with Crippen LogP contribution in [-0.4, -0.2) is 17.2 Å². The monoisotopic (exact) mass is 262 g/mol. The zero-order valence-corrected chi connectivity index (χ0v) is 10.6. The molecule has 4 nitrogen and oxygen atoms in total. The summed E-state index contributed by atoms with van der Waals surface area (Å²) in [7, 11) is 1.57. The predicted octanol–water partition coefficient (Wildman–Crippen LogP) is 2.22. The van der Waals surface area contributed by atoms with Gasteiger partial charge in [0, 0.05) is 31.4 Å². The molecule has 1 heterocycles. The van der Waals surface area contributed by atoms with Gasteiger partial charge in [0.15, 0.2) is 0 Å². The Morgan fingerprint density at radius 2 is 2.00 bits per heavy atom. The summed E-state index contributed by atoms with van der Waals surface area (Å²) >= 11 is 0. The Hall–Kier alpha value is -2.14. The van der Waals surface area contributed by atoms with Gasteiger partial charge >= 0.3 is 0 Å². The molecule has 0 bridgehead atoms. The highest BCUT2D eigenvalue weighted by Gasteiger charge is 2.00. The van der Waals surface area contributed by atoms with E-state index in [0.29, 0.717) is 24.5 Å². The molecular weight excluding hydrogens is 247 g/mol. The molecule has 0 fully saturated rings. The molecule has 1 aromatic carbocycles. The molecule has 1 aromatic heterocycles. The summed E-state index contributed by atoms with van der Waals surface area (Å²) in [6.45, 7) is 1.08. The molecule has 0 aliphatic carbocycles. The lowest BCUT2D eigenvalue weighted by molar-refractivity contribution is 0.397. The van der Waals surface area contributed by atoms with Crippen molar-refractivity contribution in [3.8, 4) is 11.6 Å². The first-order chi connectivity index (χ1) is 9.17. The number of rotatable bonds is 5. The Labute approximate surface area is 110 Å². The maximum absolute atomic E-state index is 13.0. The number of ether oxygens (including phenoxy) is 1. The summed E-state index contributed by atoms with van der Waals surface area (Å²) in [6.07, 6.45) is 1.72. The minimum Gasteiger partial charge on any atom is -0.508 e. The molecule has 0 radical (unpaired) electrons. The predicted molar refractivity (Wildman–Crippen MR) is 69.4 cm³/mol. The first-order valence-electron chi connectivity index (χ1n) is 5.85. The van der Waals surface area contributed by atoms with Crippen molar-refractivity contribution in [1.29, 1.82) is 0 Å². The summed E-state index contributed by atoms with van der Waals surface area (Å²) in [5.74, 6) is 0.0598. The van der Waals surface area contributed by atoms with Crippen molar-refractivity contribution in [3.05, 3.63) is 53.5 Å². The van der Waals surface area contributed by atoms with Crippen LogP contribution in [0, 0.1) is 5.82 Å². The van der Waals surface area contributed by atoms with Crippen molar-refractivity contribution in [1.82, 2.24) is 10.3 Å². The van der Waals surface area contributed by atoms with Crippen LogP contribution in [0.4, 0.5) is 4.39 Å². The van der Waals surface area contributed by atoms with E-state index in [-0.39, 0.29) is 5.75 Å². The van der Waals surface area contributed by atoms with Gasteiger partial charge in [-0.05, 0) is 23.3 Å². The van der Waals surface area contributed by atoms with Gasteiger partial charge in [-0.2, -0.15) is 0 Å². The highest BCUT2D eigenvalue weighted by atomic mass is 19.1. The van der Waals surface area contributed by atoms with Crippen molar-refractivity contribution in [3.63, 3.8) is 0 Å². The number of halogens is 1. The van der Waals surface area contributed by atoms with E-state index < -0.39 is 5.82 Å². The number of nitrogens with one attached hydrogen (secondary N) is 1. The molecule has 0 atom stereocenters. The first kappa shape index (κ1) is 13.3. The van der Waals surface area contributed by atoms with E-state index in [0.717, 1.165) is 11.6 Å². The van der Waals surface area contributed by atoms with E-state index in [4.69, 9.17) is 4.74 Å². The molecule has 0 unspecified atom stereocenters. The highest BCUT2D eigenvalue weighted by Crippen LogP contribution is 2.14. The van der Waals surface area contributed by atoms with Gasteiger partial charge in [0.05, 0.1) is 7.11 Å². The summed E-state index contributed by atoms with van der Waals surface area (Å²) in [4.78, 5) is 4.09. The molecule has 2 N–H and O–H groups in total. The maximum Gasteiger partial charge on any atom is 0.212 e. The van der Waals surface area contributed by atoms with Crippen LogP contribution in [0.1, 0.15) is 11.1 Å². The highest BCUT2D eigenvalue weighted by molar-refractivity contribution is 5.28. The molecule has 2 rings (SSSR count). The fourth-order valence-electron chi connectivity index (χ4n) is 1.72. The van der Waals surface area contributed by atoms with E-state index in [2.05, 4.69) is 10.3 Å². The minimum absolute atomic E-state index is 0.0667. The van der Waals surface area contributed by atoms with E-state index >= 15 is 0 Å².